The van der Waals surface area contributed by atoms with Gasteiger partial charge in [0.05, 0.1) is 12.8 Å². The summed E-state index contributed by atoms with van der Waals surface area (Å²) in [7, 11) is 3.60. The fourth-order valence-corrected chi connectivity index (χ4v) is 2.07. The molecule has 1 unspecified atom stereocenters. The highest BCUT2D eigenvalue weighted by Gasteiger charge is 2.10. The lowest BCUT2D eigenvalue weighted by atomic mass is 10.0. The number of hydrogen-bond acceptors (Lipinski definition) is 3. The average Bonchev–Trinajstić information content (AvgIpc) is 2.75. The minimum absolute atomic E-state index is 0.0520. The van der Waals surface area contributed by atoms with E-state index in [1.54, 1.807) is 11.8 Å². The Labute approximate surface area is 107 Å². The number of nitrogens with zero attached hydrogens (tertiary/aromatic N) is 2. The fraction of sp³-hybridized carbons (Fsp3) is 0.357. The predicted octanol–water partition coefficient (Wildman–Crippen LogP) is 1.54. The lowest BCUT2D eigenvalue weighted by Gasteiger charge is -2.13. The Morgan fingerprint density at radius 1 is 1.28 bits per heavy atom. The van der Waals surface area contributed by atoms with E-state index < -0.39 is 0 Å². The molecule has 96 valence electrons. The summed E-state index contributed by atoms with van der Waals surface area (Å²) in [6.45, 7) is 0. The van der Waals surface area contributed by atoms with Crippen LogP contribution < -0.4 is 10.5 Å². The topological polar surface area (TPSA) is 53.1 Å². The monoisotopic (exact) mass is 245 g/mol. The van der Waals surface area contributed by atoms with Crippen molar-refractivity contribution in [2.24, 2.45) is 12.8 Å². The maximum Gasteiger partial charge on any atom is 0.122 e. The molecule has 0 amide bonds. The van der Waals surface area contributed by atoms with E-state index in [1.807, 2.05) is 37.5 Å². The van der Waals surface area contributed by atoms with Crippen LogP contribution >= 0.6 is 0 Å². The molecule has 0 bridgehead atoms. The minimum atomic E-state index is 0.0520. The first-order valence-electron chi connectivity index (χ1n) is 6.05. The van der Waals surface area contributed by atoms with Gasteiger partial charge in [-0.1, -0.05) is 18.2 Å². The van der Waals surface area contributed by atoms with Crippen molar-refractivity contribution in [2.45, 2.75) is 18.9 Å². The highest BCUT2D eigenvalue weighted by Crippen LogP contribution is 2.19. The van der Waals surface area contributed by atoms with Crippen LogP contribution in [0.2, 0.25) is 0 Å². The highest BCUT2D eigenvalue weighted by molar-refractivity contribution is 5.33. The van der Waals surface area contributed by atoms with Gasteiger partial charge in [-0.2, -0.15) is 5.10 Å². The van der Waals surface area contributed by atoms with E-state index in [2.05, 4.69) is 11.2 Å². The second-order valence-corrected chi connectivity index (χ2v) is 4.46. The van der Waals surface area contributed by atoms with Crippen LogP contribution in [0.5, 0.6) is 5.75 Å². The van der Waals surface area contributed by atoms with E-state index in [0.29, 0.717) is 0 Å². The van der Waals surface area contributed by atoms with E-state index in [9.17, 15) is 0 Å². The number of ether oxygens (including phenoxy) is 1. The Hall–Kier alpha value is -1.81. The summed E-state index contributed by atoms with van der Waals surface area (Å²) in [5.41, 5.74) is 8.34. The SMILES string of the molecule is COc1ccccc1CC(N)Cc1ccn(C)n1. The van der Waals surface area contributed by atoms with Gasteiger partial charge in [0.25, 0.3) is 0 Å². The molecular formula is C14H19N3O. The molecule has 2 N–H and O–H groups in total. The summed E-state index contributed by atoms with van der Waals surface area (Å²) in [5, 5.41) is 4.34. The van der Waals surface area contributed by atoms with E-state index in [1.165, 1.54) is 0 Å². The maximum atomic E-state index is 6.17. The number of rotatable bonds is 5. The first kappa shape index (κ1) is 12.6. The smallest absolute Gasteiger partial charge is 0.122 e. The lowest BCUT2D eigenvalue weighted by Crippen LogP contribution is -2.26. The van der Waals surface area contributed by atoms with Crippen molar-refractivity contribution in [1.82, 2.24) is 9.78 Å². The van der Waals surface area contributed by atoms with Crippen LogP contribution in [0.3, 0.4) is 0 Å². The van der Waals surface area contributed by atoms with Gasteiger partial charge in [-0.15, -0.1) is 0 Å². The van der Waals surface area contributed by atoms with Gasteiger partial charge in [0.1, 0.15) is 5.75 Å². The molecule has 0 aliphatic heterocycles. The van der Waals surface area contributed by atoms with Gasteiger partial charge in [-0.3, -0.25) is 4.68 Å². The number of aryl methyl sites for hydroxylation is 1. The number of hydrogen-bond donors (Lipinski definition) is 1. The second kappa shape index (κ2) is 5.69. The molecule has 0 fully saturated rings. The van der Waals surface area contributed by atoms with Gasteiger partial charge >= 0.3 is 0 Å². The van der Waals surface area contributed by atoms with Gasteiger partial charge in [-0.25, -0.2) is 0 Å². The fourth-order valence-electron chi connectivity index (χ4n) is 2.07. The van der Waals surface area contributed by atoms with Crippen molar-refractivity contribution >= 4 is 0 Å². The molecule has 1 atom stereocenters. The van der Waals surface area contributed by atoms with Crippen molar-refractivity contribution < 1.29 is 4.74 Å². The van der Waals surface area contributed by atoms with Gasteiger partial charge in [0.2, 0.25) is 0 Å². The zero-order chi connectivity index (χ0) is 13.0. The van der Waals surface area contributed by atoms with E-state index >= 15 is 0 Å². The number of nitrogens with two attached hydrogens (primary N) is 1. The molecule has 2 aromatic rings. The standard InChI is InChI=1S/C14H19N3O/c1-17-8-7-13(16-17)10-12(15)9-11-5-3-4-6-14(11)18-2/h3-8,12H,9-10,15H2,1-2H3. The Morgan fingerprint density at radius 3 is 2.72 bits per heavy atom. The molecule has 0 aliphatic rings. The van der Waals surface area contributed by atoms with Crippen LogP contribution in [0.4, 0.5) is 0 Å². The van der Waals surface area contributed by atoms with E-state index in [4.69, 9.17) is 10.5 Å². The molecule has 0 saturated carbocycles. The van der Waals surface area contributed by atoms with Crippen molar-refractivity contribution in [3.63, 3.8) is 0 Å². The zero-order valence-corrected chi connectivity index (χ0v) is 10.8. The van der Waals surface area contributed by atoms with Gasteiger partial charge in [-0.05, 0) is 24.1 Å². The zero-order valence-electron chi connectivity index (χ0n) is 10.8. The van der Waals surface area contributed by atoms with E-state index in [-0.39, 0.29) is 6.04 Å². The second-order valence-electron chi connectivity index (χ2n) is 4.46. The van der Waals surface area contributed by atoms with E-state index in [0.717, 1.165) is 29.8 Å². The van der Waals surface area contributed by atoms with Crippen LogP contribution in [0, 0.1) is 0 Å². The normalized spacial score (nSPS) is 12.4. The van der Waals surface area contributed by atoms with Gasteiger partial charge in [0, 0.05) is 25.7 Å². The Morgan fingerprint density at radius 2 is 2.06 bits per heavy atom. The maximum absolute atomic E-state index is 6.17. The molecule has 0 spiro atoms. The first-order chi connectivity index (χ1) is 8.69. The molecule has 0 radical (unpaired) electrons. The summed E-state index contributed by atoms with van der Waals surface area (Å²) in [4.78, 5) is 0. The Kier molecular flexibility index (Phi) is 3.99. The molecule has 1 heterocycles. The number of benzene rings is 1. The quantitative estimate of drug-likeness (QED) is 0.869. The van der Waals surface area contributed by atoms with Crippen LogP contribution in [0.25, 0.3) is 0 Å². The van der Waals surface area contributed by atoms with Crippen LogP contribution in [0.15, 0.2) is 36.5 Å². The summed E-state index contributed by atoms with van der Waals surface area (Å²) < 4.78 is 7.12. The minimum Gasteiger partial charge on any atom is -0.496 e. The van der Waals surface area contributed by atoms with Crippen LogP contribution in [-0.2, 0) is 19.9 Å². The molecule has 0 aliphatic carbocycles. The largest absolute Gasteiger partial charge is 0.496 e. The molecule has 4 nitrogen and oxygen atoms in total. The summed E-state index contributed by atoms with van der Waals surface area (Å²) in [5.74, 6) is 0.897. The van der Waals surface area contributed by atoms with Crippen LogP contribution in [-0.4, -0.2) is 22.9 Å². The van der Waals surface area contributed by atoms with Crippen molar-refractivity contribution in [3.05, 3.63) is 47.8 Å². The molecule has 2 rings (SSSR count). The molecule has 4 heteroatoms. The molecule has 0 saturated heterocycles. The van der Waals surface area contributed by atoms with Crippen LogP contribution in [0.1, 0.15) is 11.3 Å². The average molecular weight is 245 g/mol. The molecular weight excluding hydrogens is 226 g/mol. The molecule has 1 aromatic heterocycles. The number of methoxy groups -OCH3 is 1. The summed E-state index contributed by atoms with van der Waals surface area (Å²) in [6, 6.07) is 10.0. The Balaban J connectivity index is 2.00. The lowest BCUT2D eigenvalue weighted by molar-refractivity contribution is 0.407. The summed E-state index contributed by atoms with van der Waals surface area (Å²) >= 11 is 0. The number of para-hydroxylation sites is 1. The molecule has 1 aromatic carbocycles. The van der Waals surface area contributed by atoms with Crippen molar-refractivity contribution in [2.75, 3.05) is 7.11 Å². The third-order valence-electron chi connectivity index (χ3n) is 2.91. The number of aromatic nitrogens is 2. The Bertz CT molecular complexity index is 507. The molecule has 18 heavy (non-hydrogen) atoms. The highest BCUT2D eigenvalue weighted by atomic mass is 16.5. The van der Waals surface area contributed by atoms with Gasteiger partial charge < -0.3 is 10.5 Å². The first-order valence-corrected chi connectivity index (χ1v) is 6.05. The van der Waals surface area contributed by atoms with Crippen molar-refractivity contribution in [1.29, 1.82) is 0 Å². The summed E-state index contributed by atoms with van der Waals surface area (Å²) in [6.07, 6.45) is 3.50. The predicted molar refractivity (Wildman–Crippen MR) is 71.6 cm³/mol. The third-order valence-corrected chi connectivity index (χ3v) is 2.91. The third kappa shape index (κ3) is 3.11. The van der Waals surface area contributed by atoms with Gasteiger partial charge in [0.15, 0.2) is 0 Å². The van der Waals surface area contributed by atoms with Crippen molar-refractivity contribution in [3.8, 4) is 5.75 Å².